The van der Waals surface area contributed by atoms with Crippen molar-refractivity contribution in [1.29, 1.82) is 0 Å². The second kappa shape index (κ2) is 9.69. The Bertz CT molecular complexity index is 1610. The molecule has 0 saturated carbocycles. The van der Waals surface area contributed by atoms with Gasteiger partial charge in [0.25, 0.3) is 0 Å². The number of methoxy groups -OCH3 is 1. The van der Waals surface area contributed by atoms with E-state index in [4.69, 9.17) is 25.3 Å². The van der Waals surface area contributed by atoms with Crippen LogP contribution in [0.2, 0.25) is 5.02 Å². The van der Waals surface area contributed by atoms with Gasteiger partial charge in [0.05, 0.1) is 61.0 Å². The molecule has 1 atom stereocenters. The Kier molecular flexibility index (Phi) is 6.56. The number of rotatable bonds is 8. The van der Waals surface area contributed by atoms with E-state index in [0.717, 1.165) is 11.8 Å². The van der Waals surface area contributed by atoms with E-state index in [1.807, 2.05) is 0 Å². The van der Waals surface area contributed by atoms with E-state index in [-0.39, 0.29) is 37.0 Å². The van der Waals surface area contributed by atoms with E-state index in [1.165, 1.54) is 24.1 Å². The minimum Gasteiger partial charge on any atom is -0.493 e. The van der Waals surface area contributed by atoms with Crippen molar-refractivity contribution in [2.45, 2.75) is 13.0 Å². The van der Waals surface area contributed by atoms with Crippen molar-refractivity contribution in [1.82, 2.24) is 19.7 Å². The van der Waals surface area contributed by atoms with Crippen molar-refractivity contribution in [3.63, 3.8) is 0 Å². The summed E-state index contributed by atoms with van der Waals surface area (Å²) in [5.74, 6) is -0.167. The number of carbonyl (C=O) groups excluding carboxylic acids is 1. The number of ether oxygens (including phenoxy) is 2. The van der Waals surface area contributed by atoms with Crippen LogP contribution in [0.4, 0.5) is 0 Å². The van der Waals surface area contributed by atoms with Crippen molar-refractivity contribution >= 4 is 38.4 Å². The first-order valence-corrected chi connectivity index (χ1v) is 13.4. The van der Waals surface area contributed by atoms with Crippen LogP contribution in [0.15, 0.2) is 36.7 Å². The summed E-state index contributed by atoms with van der Waals surface area (Å²) < 4.78 is 42.4. The molecular formula is C24H23ClN4O7S. The zero-order chi connectivity index (χ0) is 26.3. The SMILES string of the molecule is COc1[nH]ncc1-c1cc2c(cn1)c(C(=O)C1COc3ccc(Cl)cc3C1)c(OS(C)(=O)=O)n2CCO. The third-order valence-corrected chi connectivity index (χ3v) is 6.78. The van der Waals surface area contributed by atoms with Gasteiger partial charge in [0.15, 0.2) is 5.78 Å². The monoisotopic (exact) mass is 546 g/mol. The Labute approximate surface area is 217 Å². The van der Waals surface area contributed by atoms with Crippen molar-refractivity contribution in [3.8, 4) is 28.8 Å². The standard InChI is InChI=1S/C24H23ClN4O7S/c1-34-23-16(11-27-28-23)18-9-19-17(10-26-18)21(24(29(19)5-6-30)36-37(2,32)33)22(31)14-7-13-8-15(25)3-4-20(13)35-12-14/h3-4,8-11,14,30H,5-7,12H2,1-2H3,(H,27,28). The number of aromatic nitrogens is 4. The van der Waals surface area contributed by atoms with Crippen LogP contribution >= 0.6 is 11.6 Å². The molecule has 4 aromatic rings. The molecule has 0 fully saturated rings. The van der Waals surface area contributed by atoms with Gasteiger partial charge in [-0.15, -0.1) is 0 Å². The highest BCUT2D eigenvalue weighted by Gasteiger charge is 2.34. The molecule has 1 unspecified atom stereocenters. The van der Waals surface area contributed by atoms with Gasteiger partial charge in [0.1, 0.15) is 5.75 Å². The number of ketones is 1. The minimum absolute atomic E-state index is 0.0276. The lowest BCUT2D eigenvalue weighted by Crippen LogP contribution is -2.29. The van der Waals surface area contributed by atoms with E-state index < -0.39 is 16.0 Å². The number of pyridine rings is 1. The zero-order valence-electron chi connectivity index (χ0n) is 19.9. The van der Waals surface area contributed by atoms with Crippen LogP contribution in [0.5, 0.6) is 17.5 Å². The Morgan fingerprint density at radius 1 is 1.32 bits per heavy atom. The van der Waals surface area contributed by atoms with Crippen molar-refractivity contribution < 1.29 is 32.0 Å². The van der Waals surface area contributed by atoms with Crippen molar-refractivity contribution in [2.24, 2.45) is 5.92 Å². The number of hydrogen-bond acceptors (Lipinski definition) is 9. The van der Waals surface area contributed by atoms with E-state index in [9.17, 15) is 18.3 Å². The number of carbonyl (C=O) groups is 1. The summed E-state index contributed by atoms with van der Waals surface area (Å²) in [6, 6.07) is 6.86. The number of nitrogens with one attached hydrogen (secondary N) is 1. The Balaban J connectivity index is 1.67. The fourth-order valence-corrected chi connectivity index (χ4v) is 5.16. The maximum atomic E-state index is 13.9. The number of nitrogens with zero attached hydrogens (tertiary/aromatic N) is 3. The third kappa shape index (κ3) is 4.75. The van der Waals surface area contributed by atoms with Crippen LogP contribution in [0.25, 0.3) is 22.2 Å². The number of benzene rings is 1. The van der Waals surface area contributed by atoms with Gasteiger partial charge in [-0.2, -0.15) is 13.5 Å². The molecule has 3 aromatic heterocycles. The molecule has 5 rings (SSSR count). The largest absolute Gasteiger partial charge is 0.493 e. The van der Waals surface area contributed by atoms with Crippen LogP contribution < -0.4 is 13.7 Å². The number of halogens is 1. The molecule has 1 aliphatic rings. The van der Waals surface area contributed by atoms with E-state index in [0.29, 0.717) is 45.2 Å². The van der Waals surface area contributed by atoms with Gasteiger partial charge < -0.3 is 23.3 Å². The lowest BCUT2D eigenvalue weighted by Gasteiger charge is -2.24. The molecule has 11 nitrogen and oxygen atoms in total. The van der Waals surface area contributed by atoms with Gasteiger partial charge in [-0.25, -0.2) is 5.10 Å². The summed E-state index contributed by atoms with van der Waals surface area (Å²) in [5, 5.41) is 17.4. The highest BCUT2D eigenvalue weighted by atomic mass is 35.5. The van der Waals surface area contributed by atoms with Gasteiger partial charge in [-0.1, -0.05) is 11.6 Å². The molecular weight excluding hydrogens is 524 g/mol. The van der Waals surface area contributed by atoms with Crippen LogP contribution in [-0.2, 0) is 23.1 Å². The van der Waals surface area contributed by atoms with Gasteiger partial charge in [-0.05, 0) is 36.2 Å². The molecule has 0 amide bonds. The van der Waals surface area contributed by atoms with Crippen LogP contribution in [-0.4, -0.2) is 65.6 Å². The number of fused-ring (bicyclic) bond motifs is 2. The number of Topliss-reactive ketones (excluding diaryl/α,β-unsaturated/α-hetero) is 1. The summed E-state index contributed by atoms with van der Waals surface area (Å²) in [6.07, 6.45) is 4.25. The van der Waals surface area contributed by atoms with Gasteiger partial charge in [0, 0.05) is 23.2 Å². The Morgan fingerprint density at radius 2 is 2.14 bits per heavy atom. The molecule has 4 heterocycles. The van der Waals surface area contributed by atoms with Crippen molar-refractivity contribution in [2.75, 3.05) is 26.6 Å². The minimum atomic E-state index is -4.03. The predicted molar refractivity (Wildman–Crippen MR) is 135 cm³/mol. The number of hydrogen-bond donors (Lipinski definition) is 2. The lowest BCUT2D eigenvalue weighted by molar-refractivity contribution is 0.0854. The maximum Gasteiger partial charge on any atom is 0.307 e. The smallest absolute Gasteiger partial charge is 0.307 e. The first-order chi connectivity index (χ1) is 17.7. The Morgan fingerprint density at radius 3 is 2.86 bits per heavy atom. The summed E-state index contributed by atoms with van der Waals surface area (Å²) in [7, 11) is -2.55. The molecule has 37 heavy (non-hydrogen) atoms. The average Bonchev–Trinajstić information content (AvgIpc) is 3.45. The fraction of sp³-hybridized carbons (Fsp3) is 0.292. The molecule has 0 bridgehead atoms. The van der Waals surface area contributed by atoms with E-state index >= 15 is 0 Å². The molecule has 1 aromatic carbocycles. The van der Waals surface area contributed by atoms with Crippen LogP contribution in [0, 0.1) is 5.92 Å². The first-order valence-electron chi connectivity index (χ1n) is 11.3. The number of aromatic amines is 1. The molecule has 13 heteroatoms. The number of aliphatic hydroxyl groups is 1. The quantitative estimate of drug-likeness (QED) is 0.251. The predicted octanol–water partition coefficient (Wildman–Crippen LogP) is 2.85. The average molecular weight is 547 g/mol. The van der Waals surface area contributed by atoms with Gasteiger partial charge in [-0.3, -0.25) is 9.78 Å². The molecule has 0 radical (unpaired) electrons. The summed E-state index contributed by atoms with van der Waals surface area (Å²) in [6.45, 7) is -0.265. The highest BCUT2D eigenvalue weighted by molar-refractivity contribution is 7.86. The second-order valence-electron chi connectivity index (χ2n) is 8.57. The molecule has 2 N–H and O–H groups in total. The highest BCUT2D eigenvalue weighted by Crippen LogP contribution is 2.39. The van der Waals surface area contributed by atoms with Crippen LogP contribution in [0.3, 0.4) is 0 Å². The second-order valence-corrected chi connectivity index (χ2v) is 10.6. The number of H-pyrrole nitrogens is 1. The van der Waals surface area contributed by atoms with Crippen LogP contribution in [0.1, 0.15) is 15.9 Å². The summed E-state index contributed by atoms with van der Waals surface area (Å²) in [5.41, 5.74) is 2.29. The Hall–Kier alpha value is -3.61. The molecule has 0 saturated heterocycles. The van der Waals surface area contributed by atoms with Gasteiger partial charge in [0.2, 0.25) is 11.8 Å². The zero-order valence-corrected chi connectivity index (χ0v) is 21.5. The summed E-state index contributed by atoms with van der Waals surface area (Å²) in [4.78, 5) is 18.4. The third-order valence-electron chi connectivity index (χ3n) is 6.09. The van der Waals surface area contributed by atoms with E-state index in [2.05, 4.69) is 15.2 Å². The number of aliphatic hydroxyl groups excluding tert-OH is 1. The van der Waals surface area contributed by atoms with Gasteiger partial charge >= 0.3 is 10.1 Å². The summed E-state index contributed by atoms with van der Waals surface area (Å²) >= 11 is 6.14. The molecule has 194 valence electrons. The normalized spacial score (nSPS) is 15.3. The topological polar surface area (TPSA) is 146 Å². The molecule has 1 aliphatic heterocycles. The first kappa shape index (κ1) is 25.1. The molecule has 0 aliphatic carbocycles. The van der Waals surface area contributed by atoms with Crippen molar-refractivity contribution in [3.05, 3.63) is 52.8 Å². The maximum absolute atomic E-state index is 13.9. The molecule has 0 spiro atoms. The van der Waals surface area contributed by atoms with E-state index in [1.54, 1.807) is 24.3 Å². The fourth-order valence-electron chi connectivity index (χ4n) is 4.51. The lowest BCUT2D eigenvalue weighted by atomic mass is 9.89.